The molecule has 0 unspecified atom stereocenters. The number of carbonyl (C=O) groups excluding carboxylic acids is 1. The van der Waals surface area contributed by atoms with E-state index in [0.717, 1.165) is 48.5 Å². The zero-order chi connectivity index (χ0) is 20.1. The minimum Gasteiger partial charge on any atom is -0.497 e. The molecular formula is C21H29N5O2. The zero-order valence-corrected chi connectivity index (χ0v) is 17.0. The van der Waals surface area contributed by atoms with Crippen LogP contribution in [0.5, 0.6) is 5.75 Å². The molecule has 1 aromatic heterocycles. The monoisotopic (exact) mass is 383 g/mol. The summed E-state index contributed by atoms with van der Waals surface area (Å²) in [6.07, 6.45) is 5.38. The van der Waals surface area contributed by atoms with Crippen molar-refractivity contribution in [2.75, 3.05) is 36.7 Å². The van der Waals surface area contributed by atoms with Gasteiger partial charge >= 0.3 is 0 Å². The molecule has 0 radical (unpaired) electrons. The summed E-state index contributed by atoms with van der Waals surface area (Å²) in [7, 11) is 5.57. The molecule has 0 spiro atoms. The predicted octanol–water partition coefficient (Wildman–Crippen LogP) is 3.47. The van der Waals surface area contributed by atoms with Crippen LogP contribution in [-0.2, 0) is 4.79 Å². The number of ether oxygens (including phenoxy) is 1. The first-order valence-corrected chi connectivity index (χ1v) is 9.68. The average Bonchev–Trinajstić information content (AvgIpc) is 2.70. The normalized spacial score (nSPS) is 19.0. The maximum Gasteiger partial charge on any atom is 0.227 e. The van der Waals surface area contributed by atoms with Gasteiger partial charge in [-0.25, -0.2) is 4.98 Å². The minimum atomic E-state index is 0.0283. The van der Waals surface area contributed by atoms with E-state index < -0.39 is 0 Å². The standard InChI is InChI=1S/C21H29N5O2/c1-14-13-22-21(25-19(14)26(2)3)24-16-10-8-15(9-11-16)20(27)23-17-6-5-7-18(12-17)28-4/h5-7,12-13,15-16H,8-11H2,1-4H3,(H,23,27)(H,22,24,25). The lowest BCUT2D eigenvalue weighted by Gasteiger charge is -2.28. The number of benzene rings is 1. The molecule has 0 bridgehead atoms. The number of aromatic nitrogens is 2. The second kappa shape index (κ2) is 8.91. The number of carbonyl (C=O) groups is 1. The van der Waals surface area contributed by atoms with Crippen LogP contribution in [0, 0.1) is 12.8 Å². The third kappa shape index (κ3) is 4.91. The number of methoxy groups -OCH3 is 1. The summed E-state index contributed by atoms with van der Waals surface area (Å²) in [6.45, 7) is 2.01. The molecule has 0 atom stereocenters. The van der Waals surface area contributed by atoms with Gasteiger partial charge in [0.05, 0.1) is 7.11 Å². The number of aryl methyl sites for hydroxylation is 1. The van der Waals surface area contributed by atoms with Gasteiger partial charge in [0.1, 0.15) is 11.6 Å². The molecule has 2 N–H and O–H groups in total. The second-order valence-electron chi connectivity index (χ2n) is 7.51. The molecule has 2 aromatic rings. The van der Waals surface area contributed by atoms with Crippen molar-refractivity contribution in [1.29, 1.82) is 0 Å². The van der Waals surface area contributed by atoms with Crippen molar-refractivity contribution in [2.24, 2.45) is 5.92 Å². The van der Waals surface area contributed by atoms with Crippen LogP contribution in [0.15, 0.2) is 30.5 Å². The maximum atomic E-state index is 12.6. The lowest BCUT2D eigenvalue weighted by molar-refractivity contribution is -0.120. The van der Waals surface area contributed by atoms with E-state index in [9.17, 15) is 4.79 Å². The fourth-order valence-electron chi connectivity index (χ4n) is 3.58. The van der Waals surface area contributed by atoms with Gasteiger partial charge in [0.25, 0.3) is 0 Å². The van der Waals surface area contributed by atoms with Crippen molar-refractivity contribution < 1.29 is 9.53 Å². The van der Waals surface area contributed by atoms with Crippen LogP contribution in [-0.4, -0.2) is 43.1 Å². The number of nitrogens with zero attached hydrogens (tertiary/aromatic N) is 3. The van der Waals surface area contributed by atoms with Crippen molar-refractivity contribution in [3.05, 3.63) is 36.0 Å². The Bertz CT molecular complexity index is 816. The van der Waals surface area contributed by atoms with E-state index in [2.05, 4.69) is 20.6 Å². The first kappa shape index (κ1) is 19.9. The van der Waals surface area contributed by atoms with Gasteiger partial charge in [0.2, 0.25) is 11.9 Å². The molecule has 1 heterocycles. The van der Waals surface area contributed by atoms with Crippen molar-refractivity contribution in [3.8, 4) is 5.75 Å². The molecular weight excluding hydrogens is 354 g/mol. The van der Waals surface area contributed by atoms with Crippen LogP contribution in [0.1, 0.15) is 31.2 Å². The average molecular weight is 383 g/mol. The number of rotatable bonds is 6. The lowest BCUT2D eigenvalue weighted by atomic mass is 9.85. The summed E-state index contributed by atoms with van der Waals surface area (Å²) in [5.74, 6) is 2.41. The quantitative estimate of drug-likeness (QED) is 0.795. The van der Waals surface area contributed by atoms with Crippen molar-refractivity contribution >= 4 is 23.4 Å². The zero-order valence-electron chi connectivity index (χ0n) is 17.0. The van der Waals surface area contributed by atoms with Crippen LogP contribution in [0.2, 0.25) is 0 Å². The van der Waals surface area contributed by atoms with E-state index in [-0.39, 0.29) is 11.8 Å². The number of hydrogen-bond donors (Lipinski definition) is 2. The molecule has 3 rings (SSSR count). The fraction of sp³-hybridized carbons (Fsp3) is 0.476. The van der Waals surface area contributed by atoms with Crippen LogP contribution < -0.4 is 20.3 Å². The van der Waals surface area contributed by atoms with Gasteiger partial charge in [0.15, 0.2) is 0 Å². The summed E-state index contributed by atoms with van der Waals surface area (Å²) in [5, 5.41) is 6.44. The maximum absolute atomic E-state index is 12.6. The van der Waals surface area contributed by atoms with E-state index in [4.69, 9.17) is 4.74 Å². The Balaban J connectivity index is 1.53. The summed E-state index contributed by atoms with van der Waals surface area (Å²) in [5.41, 5.74) is 1.82. The lowest BCUT2D eigenvalue weighted by Crippen LogP contribution is -2.32. The van der Waals surface area contributed by atoms with Crippen LogP contribution in [0.25, 0.3) is 0 Å². The van der Waals surface area contributed by atoms with E-state index in [1.807, 2.05) is 56.4 Å². The molecule has 0 aliphatic heterocycles. The van der Waals surface area contributed by atoms with Crippen molar-refractivity contribution in [2.45, 2.75) is 38.6 Å². The number of nitrogens with one attached hydrogen (secondary N) is 2. The smallest absolute Gasteiger partial charge is 0.227 e. The van der Waals surface area contributed by atoms with Gasteiger partial charge in [-0.15, -0.1) is 0 Å². The van der Waals surface area contributed by atoms with E-state index in [1.165, 1.54) is 0 Å². The van der Waals surface area contributed by atoms with Gasteiger partial charge in [-0.05, 0) is 44.7 Å². The highest BCUT2D eigenvalue weighted by molar-refractivity contribution is 5.92. The summed E-state index contributed by atoms with van der Waals surface area (Å²) in [4.78, 5) is 23.6. The molecule has 0 saturated heterocycles. The summed E-state index contributed by atoms with van der Waals surface area (Å²) >= 11 is 0. The predicted molar refractivity (Wildman–Crippen MR) is 112 cm³/mol. The third-order valence-electron chi connectivity index (χ3n) is 5.14. The molecule has 1 aliphatic rings. The van der Waals surface area contributed by atoms with Crippen LogP contribution in [0.3, 0.4) is 0 Å². The third-order valence-corrected chi connectivity index (χ3v) is 5.14. The van der Waals surface area contributed by atoms with E-state index in [0.29, 0.717) is 12.0 Å². The number of amides is 1. The molecule has 1 aliphatic carbocycles. The summed E-state index contributed by atoms with van der Waals surface area (Å²) in [6, 6.07) is 7.74. The number of hydrogen-bond acceptors (Lipinski definition) is 6. The minimum absolute atomic E-state index is 0.0283. The molecule has 7 nitrogen and oxygen atoms in total. The Morgan fingerprint density at radius 1 is 1.21 bits per heavy atom. The van der Waals surface area contributed by atoms with Crippen molar-refractivity contribution in [1.82, 2.24) is 9.97 Å². The van der Waals surface area contributed by atoms with E-state index >= 15 is 0 Å². The van der Waals surface area contributed by atoms with Gasteiger partial charge in [-0.2, -0.15) is 4.98 Å². The fourth-order valence-corrected chi connectivity index (χ4v) is 3.58. The highest BCUT2D eigenvalue weighted by atomic mass is 16.5. The summed E-state index contributed by atoms with van der Waals surface area (Å²) < 4.78 is 5.21. The van der Waals surface area contributed by atoms with Crippen LogP contribution >= 0.6 is 0 Å². The van der Waals surface area contributed by atoms with Crippen LogP contribution in [0.4, 0.5) is 17.5 Å². The molecule has 1 saturated carbocycles. The highest BCUT2D eigenvalue weighted by Crippen LogP contribution is 2.28. The number of anilines is 3. The second-order valence-corrected chi connectivity index (χ2v) is 7.51. The first-order chi connectivity index (χ1) is 13.5. The Kier molecular flexibility index (Phi) is 6.34. The molecule has 7 heteroatoms. The molecule has 1 amide bonds. The van der Waals surface area contributed by atoms with Gasteiger partial charge in [0, 0.05) is 49.6 Å². The largest absolute Gasteiger partial charge is 0.497 e. The Hall–Kier alpha value is -2.83. The Morgan fingerprint density at radius 2 is 1.96 bits per heavy atom. The molecule has 1 fully saturated rings. The Labute approximate surface area is 166 Å². The van der Waals surface area contributed by atoms with Crippen molar-refractivity contribution in [3.63, 3.8) is 0 Å². The topological polar surface area (TPSA) is 79.4 Å². The highest BCUT2D eigenvalue weighted by Gasteiger charge is 2.27. The van der Waals surface area contributed by atoms with Gasteiger partial charge in [-0.1, -0.05) is 6.07 Å². The molecule has 28 heavy (non-hydrogen) atoms. The SMILES string of the molecule is COc1cccc(NC(=O)C2CCC(Nc3ncc(C)c(N(C)C)n3)CC2)c1. The first-order valence-electron chi connectivity index (χ1n) is 9.68. The van der Waals surface area contributed by atoms with Gasteiger partial charge in [-0.3, -0.25) is 4.79 Å². The van der Waals surface area contributed by atoms with Gasteiger partial charge < -0.3 is 20.3 Å². The Morgan fingerprint density at radius 3 is 2.64 bits per heavy atom. The molecule has 150 valence electrons. The van der Waals surface area contributed by atoms with E-state index in [1.54, 1.807) is 7.11 Å². The molecule has 1 aromatic carbocycles.